The molecule has 1 saturated carbocycles. The Balaban J connectivity index is 1.79. The Bertz CT molecular complexity index is 243. The summed E-state index contributed by atoms with van der Waals surface area (Å²) in [6, 6.07) is 2.97. The number of hydrogen-bond acceptors (Lipinski definition) is 2. The van der Waals surface area contributed by atoms with Crippen LogP contribution in [0.1, 0.15) is 31.7 Å². The van der Waals surface area contributed by atoms with Gasteiger partial charge in [-0.25, -0.2) is 0 Å². The summed E-state index contributed by atoms with van der Waals surface area (Å²) in [5.41, 5.74) is 1.43. The molecular weight excluding hydrogens is 178 g/mol. The number of thiophene rings is 1. The van der Waals surface area contributed by atoms with Crippen LogP contribution in [0.3, 0.4) is 0 Å². The number of nitrogens with one attached hydrogen (secondary N) is 1. The molecule has 72 valence electrons. The summed E-state index contributed by atoms with van der Waals surface area (Å²) < 4.78 is 0. The Hall–Kier alpha value is -0.340. The van der Waals surface area contributed by atoms with Gasteiger partial charge in [0, 0.05) is 12.6 Å². The van der Waals surface area contributed by atoms with Crippen LogP contribution >= 0.6 is 11.3 Å². The fourth-order valence-electron chi connectivity index (χ4n) is 2.09. The summed E-state index contributed by atoms with van der Waals surface area (Å²) in [7, 11) is 0. The average molecular weight is 195 g/mol. The molecule has 1 nitrogen and oxygen atoms in total. The zero-order valence-electron chi connectivity index (χ0n) is 8.12. The van der Waals surface area contributed by atoms with Gasteiger partial charge in [0.15, 0.2) is 0 Å². The van der Waals surface area contributed by atoms with E-state index in [0.717, 1.165) is 18.5 Å². The molecule has 1 aliphatic rings. The number of rotatable bonds is 3. The third kappa shape index (κ3) is 2.32. The summed E-state index contributed by atoms with van der Waals surface area (Å²) in [5.74, 6) is 0.874. The van der Waals surface area contributed by atoms with E-state index in [9.17, 15) is 0 Å². The smallest absolute Gasteiger partial charge is 0.0216 e. The molecule has 1 N–H and O–H groups in total. The summed E-state index contributed by atoms with van der Waals surface area (Å²) >= 11 is 1.78. The van der Waals surface area contributed by atoms with Gasteiger partial charge in [0.2, 0.25) is 0 Å². The molecule has 2 heteroatoms. The van der Waals surface area contributed by atoms with Gasteiger partial charge in [-0.15, -0.1) is 0 Å². The minimum atomic E-state index is 0.764. The van der Waals surface area contributed by atoms with Crippen molar-refractivity contribution < 1.29 is 0 Å². The highest BCUT2D eigenvalue weighted by molar-refractivity contribution is 7.07. The van der Waals surface area contributed by atoms with Crippen LogP contribution in [0.25, 0.3) is 0 Å². The quantitative estimate of drug-likeness (QED) is 0.781. The highest BCUT2D eigenvalue weighted by Crippen LogP contribution is 2.25. The Morgan fingerprint density at radius 1 is 1.54 bits per heavy atom. The molecule has 0 aromatic carbocycles. The molecule has 2 unspecified atom stereocenters. The maximum absolute atomic E-state index is 3.64. The molecule has 1 aliphatic carbocycles. The van der Waals surface area contributed by atoms with Crippen LogP contribution in [0.4, 0.5) is 0 Å². The van der Waals surface area contributed by atoms with Crippen molar-refractivity contribution in [1.29, 1.82) is 0 Å². The molecule has 0 aliphatic heterocycles. The van der Waals surface area contributed by atoms with Crippen LogP contribution < -0.4 is 5.32 Å². The fraction of sp³-hybridized carbons (Fsp3) is 0.636. The first kappa shape index (κ1) is 9.22. The first-order valence-corrected chi connectivity index (χ1v) is 6.05. The van der Waals surface area contributed by atoms with Crippen molar-refractivity contribution in [2.75, 3.05) is 0 Å². The van der Waals surface area contributed by atoms with E-state index in [0.29, 0.717) is 0 Å². The lowest BCUT2D eigenvalue weighted by atomic mass is 10.1. The highest BCUT2D eigenvalue weighted by atomic mass is 32.1. The molecule has 0 radical (unpaired) electrons. The van der Waals surface area contributed by atoms with Gasteiger partial charge in [0.05, 0.1) is 0 Å². The van der Waals surface area contributed by atoms with Gasteiger partial charge in [-0.2, -0.15) is 11.3 Å². The fourth-order valence-corrected chi connectivity index (χ4v) is 2.76. The van der Waals surface area contributed by atoms with Crippen LogP contribution in [-0.4, -0.2) is 6.04 Å². The van der Waals surface area contributed by atoms with Crippen molar-refractivity contribution in [1.82, 2.24) is 5.32 Å². The Morgan fingerprint density at radius 2 is 2.46 bits per heavy atom. The molecule has 0 amide bonds. The van der Waals surface area contributed by atoms with Crippen LogP contribution in [0, 0.1) is 5.92 Å². The molecule has 2 rings (SSSR count). The van der Waals surface area contributed by atoms with Crippen molar-refractivity contribution >= 4 is 11.3 Å². The third-order valence-corrected chi connectivity index (χ3v) is 3.74. The summed E-state index contributed by atoms with van der Waals surface area (Å²) in [4.78, 5) is 0. The monoisotopic (exact) mass is 195 g/mol. The first-order chi connectivity index (χ1) is 6.36. The SMILES string of the molecule is CC1CCCC1NCc1ccsc1. The Morgan fingerprint density at radius 3 is 3.08 bits per heavy atom. The normalized spacial score (nSPS) is 28.1. The van der Waals surface area contributed by atoms with Gasteiger partial charge in [0.25, 0.3) is 0 Å². The lowest BCUT2D eigenvalue weighted by Crippen LogP contribution is -2.30. The second kappa shape index (κ2) is 4.25. The van der Waals surface area contributed by atoms with E-state index in [1.165, 1.54) is 24.8 Å². The standard InChI is InChI=1S/C11H17NS/c1-9-3-2-4-11(9)12-7-10-5-6-13-8-10/h5-6,8-9,11-12H,2-4,7H2,1H3. The van der Waals surface area contributed by atoms with Crippen molar-refractivity contribution in [2.45, 2.75) is 38.8 Å². The van der Waals surface area contributed by atoms with Gasteiger partial charge in [-0.1, -0.05) is 13.3 Å². The van der Waals surface area contributed by atoms with Crippen LogP contribution in [0.2, 0.25) is 0 Å². The molecule has 1 heterocycles. The summed E-state index contributed by atoms with van der Waals surface area (Å²) in [6.07, 6.45) is 4.18. The number of hydrogen-bond donors (Lipinski definition) is 1. The van der Waals surface area contributed by atoms with Crippen molar-refractivity contribution in [3.63, 3.8) is 0 Å². The summed E-state index contributed by atoms with van der Waals surface area (Å²) in [5, 5.41) is 8.02. The van der Waals surface area contributed by atoms with Gasteiger partial charge in [-0.05, 0) is 41.1 Å². The van der Waals surface area contributed by atoms with E-state index in [-0.39, 0.29) is 0 Å². The van der Waals surface area contributed by atoms with Gasteiger partial charge in [0.1, 0.15) is 0 Å². The predicted octanol–water partition coefficient (Wildman–Crippen LogP) is 3.03. The van der Waals surface area contributed by atoms with Gasteiger partial charge >= 0.3 is 0 Å². The Labute approximate surface area is 84.2 Å². The predicted molar refractivity (Wildman–Crippen MR) is 58.0 cm³/mol. The lowest BCUT2D eigenvalue weighted by Gasteiger charge is -2.16. The topological polar surface area (TPSA) is 12.0 Å². The van der Waals surface area contributed by atoms with E-state index in [1.54, 1.807) is 11.3 Å². The molecule has 0 bridgehead atoms. The van der Waals surface area contributed by atoms with Gasteiger partial charge < -0.3 is 5.32 Å². The maximum Gasteiger partial charge on any atom is 0.0216 e. The molecule has 1 fully saturated rings. The van der Waals surface area contributed by atoms with Crippen molar-refractivity contribution in [2.24, 2.45) is 5.92 Å². The van der Waals surface area contributed by atoms with Crippen molar-refractivity contribution in [3.05, 3.63) is 22.4 Å². The van der Waals surface area contributed by atoms with Gasteiger partial charge in [-0.3, -0.25) is 0 Å². The zero-order valence-corrected chi connectivity index (χ0v) is 8.94. The highest BCUT2D eigenvalue weighted by Gasteiger charge is 2.22. The van der Waals surface area contributed by atoms with E-state index in [1.807, 2.05) is 0 Å². The molecule has 2 atom stereocenters. The van der Waals surface area contributed by atoms with Crippen LogP contribution in [-0.2, 0) is 6.54 Å². The molecule has 0 spiro atoms. The second-order valence-corrected chi connectivity index (χ2v) is 4.81. The lowest BCUT2D eigenvalue weighted by molar-refractivity contribution is 0.426. The molecule has 1 aromatic rings. The van der Waals surface area contributed by atoms with Crippen molar-refractivity contribution in [3.8, 4) is 0 Å². The van der Waals surface area contributed by atoms with E-state index in [4.69, 9.17) is 0 Å². The molecule has 0 saturated heterocycles. The summed E-state index contributed by atoms with van der Waals surface area (Å²) in [6.45, 7) is 3.41. The van der Waals surface area contributed by atoms with E-state index < -0.39 is 0 Å². The van der Waals surface area contributed by atoms with E-state index in [2.05, 4.69) is 29.1 Å². The second-order valence-electron chi connectivity index (χ2n) is 4.03. The van der Waals surface area contributed by atoms with Crippen LogP contribution in [0.15, 0.2) is 16.8 Å². The zero-order chi connectivity index (χ0) is 9.10. The van der Waals surface area contributed by atoms with E-state index >= 15 is 0 Å². The average Bonchev–Trinajstić information content (AvgIpc) is 2.72. The Kier molecular flexibility index (Phi) is 3.01. The first-order valence-electron chi connectivity index (χ1n) is 5.11. The largest absolute Gasteiger partial charge is 0.310 e. The minimum Gasteiger partial charge on any atom is -0.310 e. The third-order valence-electron chi connectivity index (χ3n) is 3.01. The minimum absolute atomic E-state index is 0.764. The molecule has 13 heavy (non-hydrogen) atoms. The molecule has 1 aromatic heterocycles. The van der Waals surface area contributed by atoms with Crippen LogP contribution in [0.5, 0.6) is 0 Å². The molecular formula is C11H17NS. The maximum atomic E-state index is 3.64.